The molecule has 0 radical (unpaired) electrons. The smallest absolute Gasteiger partial charge is 0.338 e. The summed E-state index contributed by atoms with van der Waals surface area (Å²) >= 11 is 0. The molecule has 0 saturated carbocycles. The highest BCUT2D eigenvalue weighted by Crippen LogP contribution is 2.36. The van der Waals surface area contributed by atoms with Crippen LogP contribution in [0.15, 0.2) is 42.5 Å². The van der Waals surface area contributed by atoms with Crippen LogP contribution in [0, 0.1) is 6.92 Å². The number of hydrogen-bond donors (Lipinski definition) is 1. The van der Waals surface area contributed by atoms with Crippen molar-refractivity contribution in [3.8, 4) is 17.2 Å². The number of phenolic OH excluding ortho intramolecular Hbond substituents is 1. The Morgan fingerprint density at radius 1 is 1.15 bits per heavy atom. The molecular formula is C21H23N3O3. The highest BCUT2D eigenvalue weighted by molar-refractivity contribution is 5.89. The number of esters is 1. The molecule has 0 aliphatic carbocycles. The molecule has 27 heavy (non-hydrogen) atoms. The van der Waals surface area contributed by atoms with E-state index in [0.717, 1.165) is 11.1 Å². The van der Waals surface area contributed by atoms with Gasteiger partial charge in [0, 0.05) is 17.2 Å². The van der Waals surface area contributed by atoms with Gasteiger partial charge in [0.15, 0.2) is 0 Å². The van der Waals surface area contributed by atoms with Gasteiger partial charge in [-0.2, -0.15) is 0 Å². The first-order valence-electron chi connectivity index (χ1n) is 8.65. The molecule has 0 fully saturated rings. The summed E-state index contributed by atoms with van der Waals surface area (Å²) in [5, 5.41) is 19.7. The van der Waals surface area contributed by atoms with Crippen LogP contribution in [0.25, 0.3) is 16.7 Å². The maximum Gasteiger partial charge on any atom is 0.338 e. The van der Waals surface area contributed by atoms with E-state index < -0.39 is 5.97 Å². The number of phenols is 1. The topological polar surface area (TPSA) is 77.2 Å². The highest BCUT2D eigenvalue weighted by Gasteiger charge is 2.22. The summed E-state index contributed by atoms with van der Waals surface area (Å²) in [5.41, 5.74) is 3.62. The zero-order valence-corrected chi connectivity index (χ0v) is 16.2. The number of hydrogen-bond acceptors (Lipinski definition) is 5. The monoisotopic (exact) mass is 365 g/mol. The zero-order chi connectivity index (χ0) is 19.9. The Morgan fingerprint density at radius 2 is 1.81 bits per heavy atom. The van der Waals surface area contributed by atoms with Crippen molar-refractivity contribution in [2.24, 2.45) is 0 Å². The van der Waals surface area contributed by atoms with Crippen LogP contribution < -0.4 is 4.74 Å². The van der Waals surface area contributed by atoms with Crippen LogP contribution in [0.4, 0.5) is 0 Å². The van der Waals surface area contributed by atoms with Gasteiger partial charge in [0.1, 0.15) is 28.2 Å². The van der Waals surface area contributed by atoms with Gasteiger partial charge in [-0.1, -0.05) is 33.4 Å². The quantitative estimate of drug-likeness (QED) is 0.427. The predicted molar refractivity (Wildman–Crippen MR) is 104 cm³/mol. The minimum Gasteiger partial charge on any atom is -0.505 e. The van der Waals surface area contributed by atoms with E-state index in [1.807, 2.05) is 39.8 Å². The van der Waals surface area contributed by atoms with E-state index in [1.54, 1.807) is 25.1 Å². The molecule has 0 bridgehead atoms. The van der Waals surface area contributed by atoms with E-state index in [9.17, 15) is 9.90 Å². The molecule has 0 atom stereocenters. The molecule has 0 aliphatic rings. The number of fused-ring (bicyclic) bond motifs is 1. The molecule has 1 N–H and O–H groups in total. The van der Waals surface area contributed by atoms with Crippen molar-refractivity contribution in [1.29, 1.82) is 0 Å². The number of nitrogens with zero attached hydrogens (tertiary/aromatic N) is 3. The lowest BCUT2D eigenvalue weighted by atomic mass is 9.85. The van der Waals surface area contributed by atoms with Gasteiger partial charge in [-0.25, -0.2) is 4.79 Å². The fourth-order valence-electron chi connectivity index (χ4n) is 2.74. The van der Waals surface area contributed by atoms with Crippen LogP contribution in [0.5, 0.6) is 11.5 Å². The number of rotatable bonds is 3. The van der Waals surface area contributed by atoms with Crippen LogP contribution in [0.3, 0.4) is 0 Å². The van der Waals surface area contributed by atoms with Gasteiger partial charge in [0.05, 0.1) is 0 Å². The first kappa shape index (κ1) is 18.6. The van der Waals surface area contributed by atoms with Gasteiger partial charge in [0.2, 0.25) is 0 Å². The third-order valence-corrected chi connectivity index (χ3v) is 4.17. The molecule has 0 saturated heterocycles. The van der Waals surface area contributed by atoms with Crippen LogP contribution in [-0.2, 0) is 10.2 Å². The molecule has 2 aromatic carbocycles. The van der Waals surface area contributed by atoms with Crippen molar-refractivity contribution in [1.82, 2.24) is 15.0 Å². The number of benzene rings is 2. The molecule has 1 aromatic heterocycles. The lowest BCUT2D eigenvalue weighted by molar-refractivity contribution is -0.130. The van der Waals surface area contributed by atoms with Crippen molar-refractivity contribution >= 4 is 17.0 Å². The summed E-state index contributed by atoms with van der Waals surface area (Å²) in [7, 11) is 0. The molecule has 3 rings (SSSR count). The molecular weight excluding hydrogens is 342 g/mol. The van der Waals surface area contributed by atoms with Crippen LogP contribution in [-0.4, -0.2) is 26.1 Å². The second kappa shape index (κ2) is 6.54. The van der Waals surface area contributed by atoms with E-state index in [0.29, 0.717) is 28.0 Å². The molecule has 6 heteroatoms. The lowest BCUT2D eigenvalue weighted by Gasteiger charge is -2.22. The van der Waals surface area contributed by atoms with Gasteiger partial charge in [-0.15, -0.1) is 15.0 Å². The van der Waals surface area contributed by atoms with Crippen molar-refractivity contribution in [3.05, 3.63) is 53.6 Å². The molecule has 140 valence electrons. The Labute approximate surface area is 158 Å². The van der Waals surface area contributed by atoms with E-state index in [-0.39, 0.29) is 11.2 Å². The first-order valence-corrected chi connectivity index (χ1v) is 8.65. The van der Waals surface area contributed by atoms with Gasteiger partial charge in [-0.3, -0.25) is 0 Å². The average Bonchev–Trinajstić information content (AvgIpc) is 2.98. The summed E-state index contributed by atoms with van der Waals surface area (Å²) in [4.78, 5) is 13.1. The summed E-state index contributed by atoms with van der Waals surface area (Å²) in [6.07, 6.45) is 0. The van der Waals surface area contributed by atoms with Crippen LogP contribution in [0.2, 0.25) is 0 Å². The molecule has 1 heterocycles. The minimum atomic E-state index is -0.493. The zero-order valence-electron chi connectivity index (χ0n) is 16.2. The van der Waals surface area contributed by atoms with Gasteiger partial charge in [0.25, 0.3) is 0 Å². The second-order valence-electron chi connectivity index (χ2n) is 7.74. The summed E-state index contributed by atoms with van der Waals surface area (Å²) < 4.78 is 5.24. The van der Waals surface area contributed by atoms with Crippen molar-refractivity contribution < 1.29 is 14.6 Å². The van der Waals surface area contributed by atoms with Crippen molar-refractivity contribution in [3.63, 3.8) is 0 Å². The number of aromatic nitrogens is 3. The fraction of sp³-hybridized carbons (Fsp3) is 0.286. The third kappa shape index (κ3) is 3.69. The Kier molecular flexibility index (Phi) is 4.51. The summed E-state index contributed by atoms with van der Waals surface area (Å²) in [6, 6.07) is 8.82. The van der Waals surface area contributed by atoms with Gasteiger partial charge < -0.3 is 9.84 Å². The molecule has 0 amide bonds. The Hall–Kier alpha value is -3.15. The maximum absolute atomic E-state index is 11.7. The van der Waals surface area contributed by atoms with E-state index in [2.05, 4.69) is 16.8 Å². The largest absolute Gasteiger partial charge is 0.505 e. The average molecular weight is 365 g/mol. The Balaban J connectivity index is 2.07. The first-order chi connectivity index (χ1) is 12.6. The number of carbonyl (C=O) groups is 1. The highest BCUT2D eigenvalue weighted by atomic mass is 16.5. The molecule has 0 unspecified atom stereocenters. The van der Waals surface area contributed by atoms with Gasteiger partial charge >= 0.3 is 5.97 Å². The lowest BCUT2D eigenvalue weighted by Crippen LogP contribution is -2.13. The van der Waals surface area contributed by atoms with E-state index in [4.69, 9.17) is 4.74 Å². The third-order valence-electron chi connectivity index (χ3n) is 4.17. The van der Waals surface area contributed by atoms with Crippen molar-refractivity contribution in [2.75, 3.05) is 0 Å². The fourth-order valence-corrected chi connectivity index (χ4v) is 2.74. The van der Waals surface area contributed by atoms with Crippen molar-refractivity contribution in [2.45, 2.75) is 40.0 Å². The normalized spacial score (nSPS) is 11.6. The SMILES string of the molecule is C=C(C)C(=O)Oc1ccc2nn(-c3cc(C)cc(C(C)(C)C)c3O)nc2c1. The maximum atomic E-state index is 11.7. The second-order valence-corrected chi connectivity index (χ2v) is 7.74. The minimum absolute atomic E-state index is 0.155. The van der Waals surface area contributed by atoms with Crippen LogP contribution >= 0.6 is 0 Å². The van der Waals surface area contributed by atoms with Crippen LogP contribution in [0.1, 0.15) is 38.8 Å². The Morgan fingerprint density at radius 3 is 2.44 bits per heavy atom. The van der Waals surface area contributed by atoms with E-state index in [1.165, 1.54) is 4.80 Å². The summed E-state index contributed by atoms with van der Waals surface area (Å²) in [5.74, 6) is 0.0293. The molecule has 0 aliphatic heterocycles. The molecule has 0 spiro atoms. The Bertz CT molecular complexity index is 1060. The number of ether oxygens (including phenoxy) is 1. The number of carbonyl (C=O) groups excluding carboxylic acids is 1. The summed E-state index contributed by atoms with van der Waals surface area (Å²) in [6.45, 7) is 13.3. The molecule has 6 nitrogen and oxygen atoms in total. The van der Waals surface area contributed by atoms with E-state index >= 15 is 0 Å². The standard InChI is InChI=1S/C21H23N3O3/c1-12(2)20(26)27-14-7-8-16-17(11-14)23-24(22-16)18-10-13(3)9-15(19(18)25)21(4,5)6/h7-11,25H,1H2,2-6H3. The number of aryl methyl sites for hydroxylation is 1. The number of aromatic hydroxyl groups is 1. The van der Waals surface area contributed by atoms with Gasteiger partial charge in [-0.05, 0) is 43.0 Å². The predicted octanol–water partition coefficient (Wildman–Crippen LogP) is 4.21. The molecule has 3 aromatic rings.